The molecule has 3 aromatic carbocycles. The molecule has 0 aliphatic rings. The zero-order valence-corrected chi connectivity index (χ0v) is 37.6. The first-order chi connectivity index (χ1) is 30.9. The van der Waals surface area contributed by atoms with Crippen molar-refractivity contribution in [2.75, 3.05) is 13.2 Å². The van der Waals surface area contributed by atoms with Crippen LogP contribution in [-0.2, 0) is 46.4 Å². The molecule has 350 valence electrons. The van der Waals surface area contributed by atoms with Crippen LogP contribution in [0.1, 0.15) is 73.4 Å². The molecular weight excluding hydrogens is 963 g/mol. The van der Waals surface area contributed by atoms with Gasteiger partial charge in [-0.2, -0.15) is 0 Å². The maximum atomic E-state index is 13.3. The normalized spacial score (nSPS) is 13.0. The Morgan fingerprint density at radius 2 is 1.17 bits per heavy atom. The number of carboxylic acid groups (broad SMARTS) is 4. The topological polar surface area (TPSA) is 316 Å². The van der Waals surface area contributed by atoms with Crippen molar-refractivity contribution in [2.24, 2.45) is 0 Å². The number of amides is 6. The predicted octanol–water partition coefficient (Wildman–Crippen LogP) is 2.47. The van der Waals surface area contributed by atoms with Gasteiger partial charge in [0, 0.05) is 34.9 Å². The fourth-order valence-corrected chi connectivity index (χ4v) is 6.58. The largest absolute Gasteiger partial charge is 0.484 e. The summed E-state index contributed by atoms with van der Waals surface area (Å²) in [5.74, 6) is -7.60. The highest BCUT2D eigenvalue weighted by Crippen LogP contribution is 2.15. The maximum Gasteiger partial charge on any atom is 0.326 e. The van der Waals surface area contributed by atoms with Gasteiger partial charge in [0.25, 0.3) is 11.8 Å². The second kappa shape index (κ2) is 27.4. The van der Waals surface area contributed by atoms with Gasteiger partial charge in [-0.25, -0.2) is 19.2 Å². The van der Waals surface area contributed by atoms with Crippen LogP contribution in [0.4, 0.5) is 4.79 Å². The number of carbonyl (C=O) groups excluding carboxylic acids is 5. The van der Waals surface area contributed by atoms with E-state index in [9.17, 15) is 63.6 Å². The van der Waals surface area contributed by atoms with Crippen LogP contribution in [0.15, 0.2) is 78.9 Å². The lowest BCUT2D eigenvalue weighted by atomic mass is 10.0. The van der Waals surface area contributed by atoms with Crippen molar-refractivity contribution in [1.29, 1.82) is 0 Å². The van der Waals surface area contributed by atoms with E-state index >= 15 is 0 Å². The lowest BCUT2D eigenvalue weighted by Crippen LogP contribution is -2.52. The van der Waals surface area contributed by atoms with Crippen molar-refractivity contribution >= 4 is 76.1 Å². The fourth-order valence-electron chi connectivity index (χ4n) is 6.22. The summed E-state index contributed by atoms with van der Waals surface area (Å²) in [5.41, 5.74) is 1.43. The molecule has 65 heavy (non-hydrogen) atoms. The Bertz CT molecular complexity index is 2110. The molecule has 5 atom stereocenters. The number of hydrogen-bond donors (Lipinski definition) is 10. The average Bonchev–Trinajstić information content (AvgIpc) is 3.26. The van der Waals surface area contributed by atoms with E-state index in [0.29, 0.717) is 18.4 Å². The maximum absolute atomic E-state index is 13.3. The molecule has 0 saturated heterocycles. The summed E-state index contributed by atoms with van der Waals surface area (Å²) in [7, 11) is 0. The van der Waals surface area contributed by atoms with Crippen molar-refractivity contribution in [1.82, 2.24) is 31.9 Å². The number of urea groups is 1. The highest BCUT2D eigenvalue weighted by atomic mass is 127. The second-order valence-electron chi connectivity index (χ2n) is 14.8. The molecule has 10 N–H and O–H groups in total. The molecule has 0 radical (unpaired) electrons. The van der Waals surface area contributed by atoms with E-state index in [1.807, 2.05) is 0 Å². The Kier molecular flexibility index (Phi) is 22.2. The summed E-state index contributed by atoms with van der Waals surface area (Å²) < 4.78 is 6.49. The number of carboxylic acids is 4. The number of carbonyl (C=O) groups is 9. The molecule has 0 unspecified atom stereocenters. The molecule has 0 aliphatic heterocycles. The number of hydrogen-bond acceptors (Lipinski definition) is 10. The molecule has 0 aliphatic carbocycles. The summed E-state index contributed by atoms with van der Waals surface area (Å²) in [4.78, 5) is 111. The third-order valence-electron chi connectivity index (χ3n) is 9.66. The van der Waals surface area contributed by atoms with Crippen LogP contribution in [0.25, 0.3) is 0 Å². The number of aliphatic carboxylic acids is 4. The summed E-state index contributed by atoms with van der Waals surface area (Å²) in [5, 5.41) is 52.7. The van der Waals surface area contributed by atoms with Gasteiger partial charge in [0.05, 0.1) is 0 Å². The van der Waals surface area contributed by atoms with E-state index in [0.717, 1.165) is 9.13 Å². The minimum absolute atomic E-state index is 0.00392. The molecule has 0 aromatic heterocycles. The first-order valence-electron chi connectivity index (χ1n) is 20.6. The third kappa shape index (κ3) is 19.7. The first kappa shape index (κ1) is 52.6. The van der Waals surface area contributed by atoms with Gasteiger partial charge in [-0.15, -0.1) is 0 Å². The molecule has 0 saturated carbocycles. The van der Waals surface area contributed by atoms with Crippen LogP contribution in [0.3, 0.4) is 0 Å². The molecule has 20 nitrogen and oxygen atoms in total. The Hall–Kier alpha value is -6.78. The van der Waals surface area contributed by atoms with Crippen LogP contribution in [-0.4, -0.2) is 117 Å². The van der Waals surface area contributed by atoms with Crippen LogP contribution in [0.2, 0.25) is 0 Å². The van der Waals surface area contributed by atoms with E-state index in [4.69, 9.17) is 4.74 Å². The molecule has 0 bridgehead atoms. The van der Waals surface area contributed by atoms with Gasteiger partial charge >= 0.3 is 29.9 Å². The van der Waals surface area contributed by atoms with Crippen LogP contribution >= 0.6 is 22.6 Å². The first-order valence-corrected chi connectivity index (χ1v) is 21.7. The van der Waals surface area contributed by atoms with Crippen molar-refractivity contribution in [2.45, 2.75) is 94.9 Å². The van der Waals surface area contributed by atoms with Crippen molar-refractivity contribution in [3.8, 4) is 5.75 Å². The molecule has 3 aromatic rings. The van der Waals surface area contributed by atoms with Gasteiger partial charge in [-0.1, -0.05) is 55.8 Å². The number of unbranched alkanes of at least 4 members (excludes halogenated alkanes) is 1. The lowest BCUT2D eigenvalue weighted by molar-refractivity contribution is -0.142. The van der Waals surface area contributed by atoms with Gasteiger partial charge in [-0.3, -0.25) is 24.0 Å². The number of benzene rings is 3. The van der Waals surface area contributed by atoms with Gasteiger partial charge in [0.1, 0.15) is 36.0 Å². The van der Waals surface area contributed by atoms with Gasteiger partial charge in [-0.05, 0) is 102 Å². The smallest absolute Gasteiger partial charge is 0.326 e. The van der Waals surface area contributed by atoms with Crippen molar-refractivity contribution < 1.29 is 68.3 Å². The summed E-state index contributed by atoms with van der Waals surface area (Å²) in [6.07, 6.45) is 0.406. The zero-order valence-electron chi connectivity index (χ0n) is 35.4. The molecular formula is C44H53IN6O14. The minimum atomic E-state index is -1.46. The van der Waals surface area contributed by atoms with E-state index in [2.05, 4.69) is 54.5 Å². The standard InChI is InChI=1S/C44H53IN6O14/c1-2-8-32(41(58)59)50-44(64)51-33(42(60)61)11-6-7-22-46-39(56)34(23-26-9-4-3-5-10-26)47-36(52)25-65-30-18-12-27(13-19-30)24-35(43(62)63)49-40(57)31(20-21-37(53)54)48-38(55)28-14-16-29(45)17-15-28/h3-5,9-10,12-19,31-35H,2,6-8,11,20-25H2,1H3,(H,46,56)(H,47,52)(H,48,55)(H,49,57)(H,53,54)(H,58,59)(H,60,61)(H,62,63)(H2,50,51,64)/t31-,32-,33-,34-,35-/m0/s1. The quantitative estimate of drug-likeness (QED) is 0.0369. The Morgan fingerprint density at radius 1 is 0.585 bits per heavy atom. The minimum Gasteiger partial charge on any atom is -0.484 e. The number of halogens is 1. The van der Waals surface area contributed by atoms with Crippen molar-refractivity contribution in [3.05, 3.63) is 99.1 Å². The predicted molar refractivity (Wildman–Crippen MR) is 241 cm³/mol. The number of nitrogens with one attached hydrogen (secondary N) is 6. The lowest BCUT2D eigenvalue weighted by Gasteiger charge is -2.21. The van der Waals surface area contributed by atoms with Crippen LogP contribution < -0.4 is 36.6 Å². The monoisotopic (exact) mass is 1020 g/mol. The van der Waals surface area contributed by atoms with Gasteiger partial charge in [0.15, 0.2) is 6.61 Å². The Balaban J connectivity index is 1.54. The van der Waals surface area contributed by atoms with E-state index in [1.54, 1.807) is 49.4 Å². The Labute approximate surface area is 387 Å². The van der Waals surface area contributed by atoms with E-state index in [-0.39, 0.29) is 56.4 Å². The summed E-state index contributed by atoms with van der Waals surface area (Å²) >= 11 is 2.06. The molecule has 3 rings (SSSR count). The molecule has 21 heteroatoms. The molecule has 6 amide bonds. The molecule has 0 fully saturated rings. The van der Waals surface area contributed by atoms with Crippen LogP contribution in [0.5, 0.6) is 5.75 Å². The third-order valence-corrected chi connectivity index (χ3v) is 10.4. The fraction of sp³-hybridized carbons (Fsp3) is 0.386. The van der Waals surface area contributed by atoms with Gasteiger partial charge < -0.3 is 57.1 Å². The van der Waals surface area contributed by atoms with E-state index < -0.39 is 96.8 Å². The van der Waals surface area contributed by atoms with Crippen LogP contribution in [0, 0.1) is 3.57 Å². The average molecular weight is 1020 g/mol. The highest BCUT2D eigenvalue weighted by Gasteiger charge is 2.29. The zero-order chi connectivity index (χ0) is 47.9. The highest BCUT2D eigenvalue weighted by molar-refractivity contribution is 14.1. The van der Waals surface area contributed by atoms with E-state index in [1.165, 1.54) is 36.4 Å². The SMILES string of the molecule is CCC[C@H](NC(=O)N[C@@H](CCCCNC(=O)[C@H](Cc1ccccc1)NC(=O)COc1ccc(C[C@H](NC(=O)[C@H](CCC(=O)O)NC(=O)c2ccc(I)cc2)C(=O)O)cc1)C(=O)O)C(=O)O. The van der Waals surface area contributed by atoms with Gasteiger partial charge in [0.2, 0.25) is 11.8 Å². The number of ether oxygens (including phenoxy) is 1. The molecule has 0 spiro atoms. The number of rotatable bonds is 28. The second-order valence-corrected chi connectivity index (χ2v) is 16.0. The van der Waals surface area contributed by atoms with Crippen molar-refractivity contribution in [3.63, 3.8) is 0 Å². The summed E-state index contributed by atoms with van der Waals surface area (Å²) in [6, 6.07) is 14.1. The molecule has 0 heterocycles. The Morgan fingerprint density at radius 3 is 1.75 bits per heavy atom. The summed E-state index contributed by atoms with van der Waals surface area (Å²) in [6.45, 7) is 1.36.